The van der Waals surface area contributed by atoms with Gasteiger partial charge in [0.15, 0.2) is 6.73 Å². The van der Waals surface area contributed by atoms with Crippen molar-refractivity contribution in [2.45, 2.75) is 47.0 Å². The largest absolute Gasteiger partial charge is 0.444 e. The van der Waals surface area contributed by atoms with Gasteiger partial charge < -0.3 is 24.8 Å². The van der Waals surface area contributed by atoms with Gasteiger partial charge in [-0.25, -0.2) is 4.99 Å². The highest BCUT2D eigenvalue weighted by molar-refractivity contribution is 5.94. The normalized spacial score (nSPS) is 18.1. The molecule has 188 valence electrons. The highest BCUT2D eigenvalue weighted by atomic mass is 16.5. The number of piperazine rings is 1. The number of hydrogen-bond acceptors (Lipinski definition) is 7. The van der Waals surface area contributed by atoms with Gasteiger partial charge in [0.05, 0.1) is 0 Å². The maximum atomic E-state index is 12.1. The highest BCUT2D eigenvalue weighted by Crippen LogP contribution is 2.24. The summed E-state index contributed by atoms with van der Waals surface area (Å²) in [6, 6.07) is 0. The lowest BCUT2D eigenvalue weighted by Crippen LogP contribution is -2.46. The summed E-state index contributed by atoms with van der Waals surface area (Å²) in [7, 11) is 3.94. The van der Waals surface area contributed by atoms with Crippen molar-refractivity contribution in [3.63, 3.8) is 0 Å². The molecule has 2 aliphatic rings. The molecule has 0 amide bonds. The number of carbonyl (C=O) groups excluding carboxylic acids is 1. The number of hydrogen-bond donors (Lipinski definition) is 1. The van der Waals surface area contributed by atoms with E-state index in [9.17, 15) is 4.79 Å². The highest BCUT2D eigenvalue weighted by Gasteiger charge is 2.22. The summed E-state index contributed by atoms with van der Waals surface area (Å²) in [6.45, 7) is 20.7. The van der Waals surface area contributed by atoms with E-state index in [0.29, 0.717) is 12.3 Å². The van der Waals surface area contributed by atoms with Crippen LogP contribution >= 0.6 is 0 Å². The third kappa shape index (κ3) is 7.90. The lowest BCUT2D eigenvalue weighted by atomic mass is 10.00. The summed E-state index contributed by atoms with van der Waals surface area (Å²) >= 11 is 0. The maximum Gasteiger partial charge on any atom is 0.307 e. The zero-order valence-corrected chi connectivity index (χ0v) is 22.0. The monoisotopic (exact) mass is 469 g/mol. The molecule has 0 unspecified atom stereocenters. The number of nitrogens with one attached hydrogen (secondary N) is 1. The van der Waals surface area contributed by atoms with Gasteiger partial charge in [-0.3, -0.25) is 4.79 Å². The predicted octanol–water partition coefficient (Wildman–Crippen LogP) is 4.26. The Morgan fingerprint density at radius 1 is 1.26 bits per heavy atom. The van der Waals surface area contributed by atoms with Gasteiger partial charge in [0.2, 0.25) is 0 Å². The zero-order chi connectivity index (χ0) is 25.3. The Balaban J connectivity index is 1.99. The molecule has 0 aromatic rings. The van der Waals surface area contributed by atoms with Gasteiger partial charge in [0.1, 0.15) is 11.6 Å². The van der Waals surface area contributed by atoms with Crippen molar-refractivity contribution in [3.05, 3.63) is 59.9 Å². The number of carbonyl (C=O) groups is 1. The molecule has 2 aliphatic heterocycles. The van der Waals surface area contributed by atoms with Crippen molar-refractivity contribution in [1.29, 1.82) is 0 Å². The van der Waals surface area contributed by atoms with Crippen molar-refractivity contribution in [3.8, 4) is 0 Å². The minimum atomic E-state index is -0.150. The molecule has 0 atom stereocenters. The molecule has 1 N–H and O–H groups in total. The van der Waals surface area contributed by atoms with Gasteiger partial charge in [-0.1, -0.05) is 39.8 Å². The molecule has 7 nitrogen and oxygen atoms in total. The van der Waals surface area contributed by atoms with Crippen LogP contribution in [0.4, 0.5) is 0 Å². The summed E-state index contributed by atoms with van der Waals surface area (Å²) in [4.78, 5) is 23.2. The van der Waals surface area contributed by atoms with Gasteiger partial charge in [-0.05, 0) is 43.1 Å². The van der Waals surface area contributed by atoms with Crippen LogP contribution in [0.5, 0.6) is 0 Å². The Hall–Kier alpha value is -2.80. The van der Waals surface area contributed by atoms with Gasteiger partial charge in [0, 0.05) is 64.2 Å². The smallest absolute Gasteiger partial charge is 0.307 e. The average molecular weight is 470 g/mol. The van der Waals surface area contributed by atoms with E-state index >= 15 is 0 Å². The van der Waals surface area contributed by atoms with Crippen LogP contribution in [0.3, 0.4) is 0 Å². The molecule has 1 fully saturated rings. The Morgan fingerprint density at radius 2 is 1.91 bits per heavy atom. The molecule has 0 aromatic heterocycles. The summed E-state index contributed by atoms with van der Waals surface area (Å²) in [5.41, 5.74) is 3.49. The number of allylic oxidation sites excluding steroid dienone is 6. The Kier molecular flexibility index (Phi) is 10.6. The average Bonchev–Trinajstić information content (AvgIpc) is 2.83. The first kappa shape index (κ1) is 27.4. The maximum absolute atomic E-state index is 12.1. The van der Waals surface area contributed by atoms with E-state index in [1.165, 1.54) is 0 Å². The predicted molar refractivity (Wildman–Crippen MR) is 141 cm³/mol. The summed E-state index contributed by atoms with van der Waals surface area (Å²) in [6.07, 6.45) is 8.51. The number of esters is 1. The fourth-order valence-electron chi connectivity index (χ4n) is 3.86. The molecule has 0 bridgehead atoms. The van der Waals surface area contributed by atoms with Crippen molar-refractivity contribution in [1.82, 2.24) is 20.0 Å². The SMILES string of the molecule is C=C(/C=C(/C)N(C)COC(=O)CC(CC)CC)C(=C)/C=C1/N=C(C)C=C(N2CCNCC2)N1C. The van der Waals surface area contributed by atoms with Crippen LogP contribution in [0, 0.1) is 5.92 Å². The minimum absolute atomic E-state index is 0.150. The van der Waals surface area contributed by atoms with Crippen LogP contribution < -0.4 is 5.32 Å². The Labute approximate surface area is 206 Å². The first-order chi connectivity index (χ1) is 16.2. The molecule has 34 heavy (non-hydrogen) atoms. The number of aliphatic imine (C=N–C) groups is 1. The zero-order valence-electron chi connectivity index (χ0n) is 22.0. The van der Waals surface area contributed by atoms with Crippen molar-refractivity contribution in [2.24, 2.45) is 10.9 Å². The van der Waals surface area contributed by atoms with Crippen LogP contribution in [0.2, 0.25) is 0 Å². The topological polar surface area (TPSA) is 60.4 Å². The third-order valence-electron chi connectivity index (χ3n) is 6.49. The molecule has 0 spiro atoms. The fraction of sp³-hybridized carbons (Fsp3) is 0.556. The van der Waals surface area contributed by atoms with Gasteiger partial charge in [0.25, 0.3) is 0 Å². The quantitative estimate of drug-likeness (QED) is 0.277. The number of ether oxygens (including phenoxy) is 1. The molecule has 0 aliphatic carbocycles. The lowest BCUT2D eigenvalue weighted by Gasteiger charge is -2.38. The fourth-order valence-corrected chi connectivity index (χ4v) is 3.86. The van der Waals surface area contributed by atoms with Crippen molar-refractivity contribution < 1.29 is 9.53 Å². The van der Waals surface area contributed by atoms with E-state index in [1.54, 1.807) is 0 Å². The first-order valence-corrected chi connectivity index (χ1v) is 12.3. The van der Waals surface area contributed by atoms with E-state index in [-0.39, 0.29) is 12.7 Å². The molecule has 0 saturated carbocycles. The molecule has 2 heterocycles. The second-order valence-corrected chi connectivity index (χ2v) is 9.12. The lowest BCUT2D eigenvalue weighted by molar-refractivity contribution is -0.148. The Bertz CT molecular complexity index is 873. The van der Waals surface area contributed by atoms with Gasteiger partial charge in [-0.15, -0.1) is 0 Å². The van der Waals surface area contributed by atoms with Crippen LogP contribution in [-0.4, -0.2) is 73.4 Å². The van der Waals surface area contributed by atoms with E-state index in [2.05, 4.69) is 48.2 Å². The molecule has 1 saturated heterocycles. The molecule has 2 rings (SSSR count). The second kappa shape index (κ2) is 13.2. The van der Waals surface area contributed by atoms with E-state index < -0.39 is 0 Å². The van der Waals surface area contributed by atoms with Crippen LogP contribution in [-0.2, 0) is 9.53 Å². The second-order valence-electron chi connectivity index (χ2n) is 9.12. The number of rotatable bonds is 11. The molecule has 7 heteroatoms. The molecule has 0 aromatic carbocycles. The van der Waals surface area contributed by atoms with Crippen LogP contribution in [0.15, 0.2) is 64.9 Å². The minimum Gasteiger partial charge on any atom is -0.444 e. The van der Waals surface area contributed by atoms with Crippen LogP contribution in [0.25, 0.3) is 0 Å². The van der Waals surface area contributed by atoms with E-state index in [1.807, 2.05) is 45.0 Å². The third-order valence-corrected chi connectivity index (χ3v) is 6.49. The Morgan fingerprint density at radius 3 is 2.53 bits per heavy atom. The molecular formula is C27H43N5O2. The standard InChI is InChI=1S/C27H43N5O2/c1-9-24(10-2)18-27(33)34-19-30(7)23(6)15-20(3)21(4)16-25-29-22(5)17-26(31(25)8)32-13-11-28-12-14-32/h15-17,24,28H,3-4,9-14,18-19H2,1-2,5-8H3/b23-15-,25-16-. The molecule has 0 radical (unpaired) electrons. The number of nitrogens with zero attached hydrogens (tertiary/aromatic N) is 4. The van der Waals surface area contributed by atoms with Gasteiger partial charge >= 0.3 is 5.97 Å². The summed E-state index contributed by atoms with van der Waals surface area (Å²) in [5.74, 6) is 2.23. The van der Waals surface area contributed by atoms with Crippen molar-refractivity contribution >= 4 is 11.7 Å². The van der Waals surface area contributed by atoms with Crippen LogP contribution in [0.1, 0.15) is 47.0 Å². The first-order valence-electron chi connectivity index (χ1n) is 12.3. The molecular weight excluding hydrogens is 426 g/mol. The van der Waals surface area contributed by atoms with Gasteiger partial charge in [-0.2, -0.15) is 0 Å². The van der Waals surface area contributed by atoms with E-state index in [0.717, 1.165) is 73.2 Å². The van der Waals surface area contributed by atoms with Crippen molar-refractivity contribution in [2.75, 3.05) is 47.0 Å². The summed E-state index contributed by atoms with van der Waals surface area (Å²) < 4.78 is 5.46. The van der Waals surface area contributed by atoms with E-state index in [4.69, 9.17) is 9.73 Å². The summed E-state index contributed by atoms with van der Waals surface area (Å²) in [5, 5.41) is 3.40.